The van der Waals surface area contributed by atoms with Gasteiger partial charge in [0.05, 0.1) is 33.2 Å². The van der Waals surface area contributed by atoms with Crippen LogP contribution in [-0.4, -0.2) is 35.8 Å². The third-order valence-corrected chi connectivity index (χ3v) is 4.28. The van der Waals surface area contributed by atoms with Crippen molar-refractivity contribution < 1.29 is 20.7 Å². The van der Waals surface area contributed by atoms with E-state index in [1.54, 1.807) is 0 Å². The highest BCUT2D eigenvalue weighted by atomic mass is 16.8. The van der Waals surface area contributed by atoms with Crippen LogP contribution in [0.3, 0.4) is 0 Å². The first-order chi connectivity index (χ1) is 9.19. The normalized spacial score (nSPS) is 48.9. The molecule has 1 aromatic carbocycles. The minimum atomic E-state index is -0.701. The van der Waals surface area contributed by atoms with E-state index in [-0.39, 0.29) is 18.6 Å². The zero-order valence-corrected chi connectivity index (χ0v) is 9.91. The molecule has 5 atom stereocenters. The summed E-state index contributed by atoms with van der Waals surface area (Å²) >= 11 is 0. The van der Waals surface area contributed by atoms with Crippen molar-refractivity contribution in [3.05, 3.63) is 35.9 Å². The zero-order chi connectivity index (χ0) is 13.1. The quantitative estimate of drug-likeness (QED) is 0.868. The average molecular weight is 250 g/mol. The zero-order valence-electron chi connectivity index (χ0n) is 10.9. The minimum Gasteiger partial charge on any atom is -0.393 e. The lowest BCUT2D eigenvalue weighted by molar-refractivity contribution is -0.450. The van der Waals surface area contributed by atoms with Crippen LogP contribution in [0, 0.1) is 5.92 Å². The van der Waals surface area contributed by atoms with Gasteiger partial charge in [-0.3, -0.25) is 0 Å². The number of ether oxygens (including phenoxy) is 3. The highest BCUT2D eigenvalue weighted by molar-refractivity contribution is 5.23. The standard InChI is InChI=1S/C14H16O4/c15-9-13-8-14(12(13)11(18-14)7-16-13)17-6-10-4-2-1-3-5-10/h1-5,11-12,15H,6-9H2/t11-,12?,13-,14?/m1/s1/i7T/t7-,11+,12?,13+,14?/m0. The van der Waals surface area contributed by atoms with E-state index in [0.29, 0.717) is 13.0 Å². The maximum Gasteiger partial charge on any atom is 0.180 e. The summed E-state index contributed by atoms with van der Waals surface area (Å²) in [6, 6.07) is 9.91. The molecule has 2 aliphatic heterocycles. The molecule has 4 rings (SSSR count). The molecule has 1 aliphatic carbocycles. The van der Waals surface area contributed by atoms with Gasteiger partial charge in [0.15, 0.2) is 5.79 Å². The van der Waals surface area contributed by atoms with Crippen LogP contribution in [0.1, 0.15) is 13.4 Å². The first kappa shape index (κ1) is 9.92. The molecule has 1 saturated carbocycles. The monoisotopic (exact) mass is 250 g/mol. The number of aliphatic hydroxyl groups excluding tert-OH is 1. The molecule has 4 heteroatoms. The smallest absolute Gasteiger partial charge is 0.180 e. The van der Waals surface area contributed by atoms with Crippen LogP contribution >= 0.6 is 0 Å². The molecular formula is C14H16O4. The number of hydrogen-bond donors (Lipinski definition) is 1. The molecule has 1 aromatic rings. The fourth-order valence-electron chi connectivity index (χ4n) is 3.37. The van der Waals surface area contributed by atoms with Gasteiger partial charge < -0.3 is 19.3 Å². The molecule has 0 radical (unpaired) electrons. The van der Waals surface area contributed by atoms with Gasteiger partial charge in [0.1, 0.15) is 5.60 Å². The molecular weight excluding hydrogens is 232 g/mol. The second kappa shape index (κ2) is 3.54. The van der Waals surface area contributed by atoms with E-state index in [9.17, 15) is 5.11 Å². The minimum absolute atomic E-state index is 0.00351. The maximum atomic E-state index is 9.48. The largest absolute Gasteiger partial charge is 0.393 e. The van der Waals surface area contributed by atoms with Crippen LogP contribution < -0.4 is 0 Å². The Labute approximate surface area is 107 Å². The van der Waals surface area contributed by atoms with Crippen molar-refractivity contribution in [3.8, 4) is 0 Å². The molecule has 18 heavy (non-hydrogen) atoms. The Morgan fingerprint density at radius 3 is 3.06 bits per heavy atom. The van der Waals surface area contributed by atoms with Crippen molar-refractivity contribution in [3.63, 3.8) is 0 Å². The summed E-state index contributed by atoms with van der Waals surface area (Å²) in [4.78, 5) is 0. The number of rotatable bonds is 4. The van der Waals surface area contributed by atoms with E-state index in [0.717, 1.165) is 5.56 Å². The SMILES string of the molecule is [3H][C@@H]1O[C@@]2(CO)CC3(OCc4ccccc4)O[C@H]1C32. The lowest BCUT2D eigenvalue weighted by Gasteiger charge is -2.64. The lowest BCUT2D eigenvalue weighted by atomic mass is 9.59. The second-order valence-electron chi connectivity index (χ2n) is 5.30. The fourth-order valence-corrected chi connectivity index (χ4v) is 3.37. The molecule has 1 N–H and O–H groups in total. The molecule has 2 heterocycles. The van der Waals surface area contributed by atoms with E-state index in [1.807, 2.05) is 30.3 Å². The van der Waals surface area contributed by atoms with Gasteiger partial charge in [-0.15, -0.1) is 0 Å². The van der Waals surface area contributed by atoms with Gasteiger partial charge >= 0.3 is 0 Å². The van der Waals surface area contributed by atoms with Gasteiger partial charge in [-0.25, -0.2) is 0 Å². The van der Waals surface area contributed by atoms with Crippen LogP contribution in [0.15, 0.2) is 30.3 Å². The van der Waals surface area contributed by atoms with Crippen LogP contribution in [0.4, 0.5) is 0 Å². The Morgan fingerprint density at radius 2 is 2.28 bits per heavy atom. The third kappa shape index (κ3) is 1.24. The number of benzene rings is 1. The molecule has 2 unspecified atom stereocenters. The molecule has 0 bridgehead atoms. The van der Waals surface area contributed by atoms with Crippen molar-refractivity contribution in [1.29, 1.82) is 0 Å². The molecule has 0 spiro atoms. The van der Waals surface area contributed by atoms with Gasteiger partial charge in [0.2, 0.25) is 0 Å². The molecule has 3 aliphatic rings. The Bertz CT molecular complexity index is 495. The first-order valence-electron chi connectivity index (χ1n) is 6.83. The average Bonchev–Trinajstić information content (AvgIpc) is 2.52. The van der Waals surface area contributed by atoms with E-state index in [1.165, 1.54) is 0 Å². The Balaban J connectivity index is 1.47. The van der Waals surface area contributed by atoms with E-state index < -0.39 is 18.0 Å². The van der Waals surface area contributed by atoms with Gasteiger partial charge in [0, 0.05) is 6.42 Å². The molecule has 3 fully saturated rings. The summed E-state index contributed by atoms with van der Waals surface area (Å²) in [7, 11) is 0. The summed E-state index contributed by atoms with van der Waals surface area (Å²) in [6.45, 7) is -0.287. The molecule has 0 aromatic heterocycles. The van der Waals surface area contributed by atoms with Crippen LogP contribution in [-0.2, 0) is 20.8 Å². The third-order valence-electron chi connectivity index (χ3n) is 4.28. The predicted octanol–water partition coefficient (Wildman–Crippen LogP) is 1.08. The van der Waals surface area contributed by atoms with E-state index >= 15 is 0 Å². The van der Waals surface area contributed by atoms with Crippen molar-refractivity contribution in [2.75, 3.05) is 13.2 Å². The lowest BCUT2D eigenvalue weighted by Crippen LogP contribution is -2.78. The number of aliphatic hydroxyl groups is 1. The van der Waals surface area contributed by atoms with Crippen LogP contribution in [0.5, 0.6) is 0 Å². The summed E-state index contributed by atoms with van der Waals surface area (Å²) in [6.07, 6.45) is 0.261. The Hall–Kier alpha value is -0.940. The Kier molecular flexibility index (Phi) is 1.95. The van der Waals surface area contributed by atoms with E-state index in [4.69, 9.17) is 15.6 Å². The Morgan fingerprint density at radius 1 is 1.44 bits per heavy atom. The fraction of sp³-hybridized carbons (Fsp3) is 0.571. The summed E-state index contributed by atoms with van der Waals surface area (Å²) in [5.41, 5.74) is 0.484. The maximum absolute atomic E-state index is 9.48. The summed E-state index contributed by atoms with van der Waals surface area (Å²) < 4.78 is 25.0. The highest BCUT2D eigenvalue weighted by Gasteiger charge is 2.79. The highest BCUT2D eigenvalue weighted by Crippen LogP contribution is 2.65. The molecule has 96 valence electrons. The molecule has 2 saturated heterocycles. The van der Waals surface area contributed by atoms with Gasteiger partial charge in [0.25, 0.3) is 0 Å². The number of hydrogen-bond acceptors (Lipinski definition) is 4. The second-order valence-corrected chi connectivity index (χ2v) is 5.30. The first-order valence-corrected chi connectivity index (χ1v) is 6.26. The van der Waals surface area contributed by atoms with Gasteiger partial charge in [-0.05, 0) is 5.56 Å². The molecule has 0 amide bonds. The topological polar surface area (TPSA) is 47.9 Å². The van der Waals surface area contributed by atoms with Crippen LogP contribution in [0.25, 0.3) is 0 Å². The van der Waals surface area contributed by atoms with Crippen molar-refractivity contribution >= 4 is 0 Å². The van der Waals surface area contributed by atoms with Crippen molar-refractivity contribution in [2.45, 2.75) is 30.5 Å². The predicted molar refractivity (Wildman–Crippen MR) is 62.7 cm³/mol. The van der Waals surface area contributed by atoms with E-state index in [2.05, 4.69) is 0 Å². The van der Waals surface area contributed by atoms with Gasteiger partial charge in [-0.1, -0.05) is 30.3 Å². The summed E-state index contributed by atoms with van der Waals surface area (Å²) in [5, 5.41) is 9.48. The van der Waals surface area contributed by atoms with Crippen LogP contribution in [0.2, 0.25) is 0 Å². The van der Waals surface area contributed by atoms with Crippen molar-refractivity contribution in [2.24, 2.45) is 5.92 Å². The van der Waals surface area contributed by atoms with Crippen molar-refractivity contribution in [1.82, 2.24) is 0 Å². The summed E-state index contributed by atoms with van der Waals surface area (Å²) in [5.74, 6) is -0.643. The molecule has 4 nitrogen and oxygen atoms in total. The van der Waals surface area contributed by atoms with Gasteiger partial charge in [-0.2, -0.15) is 0 Å².